The van der Waals surface area contributed by atoms with E-state index in [4.69, 9.17) is 20.7 Å². The lowest BCUT2D eigenvalue weighted by Gasteiger charge is -2.28. The van der Waals surface area contributed by atoms with Crippen LogP contribution in [0.5, 0.6) is 0 Å². The number of carbonyl (C=O) groups is 3. The van der Waals surface area contributed by atoms with Crippen molar-refractivity contribution in [1.29, 1.82) is 0 Å². The molecular formula is C22H23F3N2O5. The Morgan fingerprint density at radius 3 is 2.00 bits per heavy atom. The lowest BCUT2D eigenvalue weighted by Crippen LogP contribution is -2.21. The maximum Gasteiger partial charge on any atom is 0.490 e. The zero-order valence-electron chi connectivity index (χ0n) is 17.0. The van der Waals surface area contributed by atoms with E-state index in [-0.39, 0.29) is 6.42 Å². The zero-order chi connectivity index (χ0) is 23.9. The molecule has 1 aliphatic carbocycles. The second kappa shape index (κ2) is 10.7. The summed E-state index contributed by atoms with van der Waals surface area (Å²) in [5.74, 6) is -3.12. The predicted octanol–water partition coefficient (Wildman–Crippen LogP) is 4.23. The summed E-state index contributed by atoms with van der Waals surface area (Å²) in [4.78, 5) is 35.1. The SMILES string of the molecule is NC(=O)c1cncc(-c2ccc([C@H]3CC[C@H](CC(=O)O)CC3)cc2)c1.O=C(O)C(F)(F)F. The Bertz CT molecular complexity index is 953. The molecule has 32 heavy (non-hydrogen) atoms. The molecule has 2 aromatic rings. The van der Waals surface area contributed by atoms with Crippen molar-refractivity contribution in [3.63, 3.8) is 0 Å². The van der Waals surface area contributed by atoms with Gasteiger partial charge in [0.2, 0.25) is 5.91 Å². The average molecular weight is 452 g/mol. The van der Waals surface area contributed by atoms with Gasteiger partial charge in [0.15, 0.2) is 0 Å². The highest BCUT2D eigenvalue weighted by Crippen LogP contribution is 2.37. The summed E-state index contributed by atoms with van der Waals surface area (Å²) >= 11 is 0. The standard InChI is InChI=1S/C20H22N2O3.C2HF3O2/c21-20(25)18-10-17(11-22-12-18)16-7-5-15(6-8-16)14-3-1-13(2-4-14)9-19(23)24;3-2(4,5)1(6)7/h5-8,10-14H,1-4,9H2,(H2,21,25)(H,23,24);(H,6,7)/t13-,14-;. The molecule has 4 N–H and O–H groups in total. The normalized spacial score (nSPS) is 18.2. The highest BCUT2D eigenvalue weighted by Gasteiger charge is 2.38. The van der Waals surface area contributed by atoms with E-state index < -0.39 is 24.0 Å². The quantitative estimate of drug-likeness (QED) is 0.622. The molecule has 0 aliphatic heterocycles. The summed E-state index contributed by atoms with van der Waals surface area (Å²) in [6.07, 6.45) is 2.42. The van der Waals surface area contributed by atoms with E-state index in [2.05, 4.69) is 17.1 Å². The third kappa shape index (κ3) is 7.36. The first-order valence-corrected chi connectivity index (χ1v) is 9.84. The molecule has 1 fully saturated rings. The number of pyridine rings is 1. The summed E-state index contributed by atoms with van der Waals surface area (Å²) in [7, 11) is 0. The van der Waals surface area contributed by atoms with Gasteiger partial charge in [-0.3, -0.25) is 14.6 Å². The van der Waals surface area contributed by atoms with Crippen molar-refractivity contribution in [2.24, 2.45) is 11.7 Å². The molecule has 1 amide bonds. The molecule has 0 bridgehead atoms. The van der Waals surface area contributed by atoms with E-state index in [0.717, 1.165) is 36.8 Å². The summed E-state index contributed by atoms with van der Waals surface area (Å²) in [6.45, 7) is 0. The maximum absolute atomic E-state index is 11.3. The molecule has 172 valence electrons. The highest BCUT2D eigenvalue weighted by atomic mass is 19.4. The molecule has 7 nitrogen and oxygen atoms in total. The number of nitrogens with two attached hydrogens (primary N) is 1. The highest BCUT2D eigenvalue weighted by molar-refractivity contribution is 5.93. The van der Waals surface area contributed by atoms with Gasteiger partial charge in [0.1, 0.15) is 0 Å². The number of carbonyl (C=O) groups excluding carboxylic acids is 1. The van der Waals surface area contributed by atoms with Crippen molar-refractivity contribution in [1.82, 2.24) is 4.98 Å². The number of hydrogen-bond acceptors (Lipinski definition) is 4. The van der Waals surface area contributed by atoms with Gasteiger partial charge in [-0.25, -0.2) is 4.79 Å². The number of carboxylic acid groups (broad SMARTS) is 2. The van der Waals surface area contributed by atoms with Crippen LogP contribution in [0.1, 0.15) is 53.9 Å². The summed E-state index contributed by atoms with van der Waals surface area (Å²) in [5.41, 5.74) is 8.87. The van der Waals surface area contributed by atoms with E-state index in [1.54, 1.807) is 12.3 Å². The first kappa shape index (κ1) is 24.8. The zero-order valence-corrected chi connectivity index (χ0v) is 17.0. The summed E-state index contributed by atoms with van der Waals surface area (Å²) in [6, 6.07) is 10.1. The van der Waals surface area contributed by atoms with Crippen LogP contribution < -0.4 is 5.73 Å². The second-order valence-corrected chi connectivity index (χ2v) is 7.57. The lowest BCUT2D eigenvalue weighted by atomic mass is 9.77. The van der Waals surface area contributed by atoms with Gasteiger partial charge >= 0.3 is 18.1 Å². The van der Waals surface area contributed by atoms with Gasteiger partial charge in [0, 0.05) is 24.4 Å². The predicted molar refractivity (Wildman–Crippen MR) is 109 cm³/mol. The van der Waals surface area contributed by atoms with Crippen LogP contribution in [-0.2, 0) is 9.59 Å². The van der Waals surface area contributed by atoms with Crippen molar-refractivity contribution in [3.8, 4) is 11.1 Å². The minimum atomic E-state index is -5.08. The molecule has 0 atom stereocenters. The number of rotatable bonds is 5. The Kier molecular flexibility index (Phi) is 8.34. The van der Waals surface area contributed by atoms with Gasteiger partial charge in [0.25, 0.3) is 0 Å². The first-order valence-electron chi connectivity index (χ1n) is 9.84. The molecule has 0 spiro atoms. The van der Waals surface area contributed by atoms with Gasteiger partial charge in [0.05, 0.1) is 5.56 Å². The first-order chi connectivity index (χ1) is 15.0. The van der Waals surface area contributed by atoms with Gasteiger partial charge in [-0.05, 0) is 54.7 Å². The van der Waals surface area contributed by atoms with Gasteiger partial charge in [-0.1, -0.05) is 24.3 Å². The molecule has 1 saturated carbocycles. The Morgan fingerprint density at radius 1 is 0.969 bits per heavy atom. The molecule has 1 heterocycles. The van der Waals surface area contributed by atoms with Crippen LogP contribution in [0.4, 0.5) is 13.2 Å². The Hall–Kier alpha value is -3.43. The number of aliphatic carboxylic acids is 2. The summed E-state index contributed by atoms with van der Waals surface area (Å²) in [5, 5.41) is 16.0. The number of carboxylic acids is 2. The fraction of sp³-hybridized carbons (Fsp3) is 0.364. The number of alkyl halides is 3. The fourth-order valence-corrected chi connectivity index (χ4v) is 3.63. The van der Waals surface area contributed by atoms with E-state index in [1.165, 1.54) is 11.8 Å². The van der Waals surface area contributed by atoms with Crippen LogP contribution in [0.2, 0.25) is 0 Å². The van der Waals surface area contributed by atoms with Crippen LogP contribution in [0.25, 0.3) is 11.1 Å². The Morgan fingerprint density at radius 2 is 1.53 bits per heavy atom. The molecule has 10 heteroatoms. The van der Waals surface area contributed by atoms with Crippen LogP contribution in [-0.4, -0.2) is 39.2 Å². The minimum Gasteiger partial charge on any atom is -0.481 e. The number of nitrogens with zero attached hydrogens (tertiary/aromatic N) is 1. The number of amides is 1. The van der Waals surface area contributed by atoms with Crippen molar-refractivity contribution < 1.29 is 37.8 Å². The Labute approximate surface area is 182 Å². The number of aromatic nitrogens is 1. The van der Waals surface area contributed by atoms with Crippen LogP contribution in [0, 0.1) is 5.92 Å². The molecular weight excluding hydrogens is 429 g/mol. The van der Waals surface area contributed by atoms with Gasteiger partial charge < -0.3 is 15.9 Å². The van der Waals surface area contributed by atoms with Crippen LogP contribution >= 0.6 is 0 Å². The molecule has 1 aromatic carbocycles. The van der Waals surface area contributed by atoms with E-state index in [9.17, 15) is 22.8 Å². The monoisotopic (exact) mass is 452 g/mol. The van der Waals surface area contributed by atoms with Gasteiger partial charge in [-0.15, -0.1) is 0 Å². The summed E-state index contributed by atoms with van der Waals surface area (Å²) < 4.78 is 31.7. The smallest absolute Gasteiger partial charge is 0.481 e. The number of halogens is 3. The molecule has 1 aliphatic rings. The molecule has 3 rings (SSSR count). The number of hydrogen-bond donors (Lipinski definition) is 3. The Balaban J connectivity index is 0.000000451. The van der Waals surface area contributed by atoms with Crippen molar-refractivity contribution >= 4 is 17.8 Å². The van der Waals surface area contributed by atoms with Crippen molar-refractivity contribution in [3.05, 3.63) is 53.9 Å². The second-order valence-electron chi connectivity index (χ2n) is 7.57. The fourth-order valence-electron chi connectivity index (χ4n) is 3.63. The minimum absolute atomic E-state index is 0.287. The van der Waals surface area contributed by atoms with E-state index in [1.807, 2.05) is 12.1 Å². The molecule has 0 unspecified atom stereocenters. The lowest BCUT2D eigenvalue weighted by molar-refractivity contribution is -0.192. The van der Waals surface area contributed by atoms with Crippen LogP contribution in [0.3, 0.4) is 0 Å². The molecule has 0 radical (unpaired) electrons. The van der Waals surface area contributed by atoms with Crippen molar-refractivity contribution in [2.75, 3.05) is 0 Å². The third-order valence-electron chi connectivity index (χ3n) is 5.29. The van der Waals surface area contributed by atoms with Crippen molar-refractivity contribution in [2.45, 2.75) is 44.2 Å². The van der Waals surface area contributed by atoms with Crippen LogP contribution in [0.15, 0.2) is 42.7 Å². The maximum atomic E-state index is 11.3. The molecule has 0 saturated heterocycles. The van der Waals surface area contributed by atoms with E-state index >= 15 is 0 Å². The van der Waals surface area contributed by atoms with E-state index in [0.29, 0.717) is 17.4 Å². The number of benzene rings is 1. The molecule has 1 aromatic heterocycles. The third-order valence-corrected chi connectivity index (χ3v) is 5.29. The number of primary amides is 1. The average Bonchev–Trinajstić information content (AvgIpc) is 2.74. The van der Waals surface area contributed by atoms with Gasteiger partial charge in [-0.2, -0.15) is 13.2 Å². The largest absolute Gasteiger partial charge is 0.490 e. The topological polar surface area (TPSA) is 131 Å².